The van der Waals surface area contributed by atoms with E-state index < -0.39 is 11.7 Å². The van der Waals surface area contributed by atoms with Crippen molar-refractivity contribution in [2.45, 2.75) is 26.9 Å². The molecule has 0 aliphatic heterocycles. The summed E-state index contributed by atoms with van der Waals surface area (Å²) in [5.74, 6) is 1.47. The van der Waals surface area contributed by atoms with Crippen molar-refractivity contribution in [2.75, 3.05) is 0 Å². The predicted octanol–water partition coefficient (Wildman–Crippen LogP) is 16.2. The van der Waals surface area contributed by atoms with Crippen LogP contribution in [0.1, 0.15) is 27.8 Å². The molecule has 12 aromatic rings. The second-order valence-electron chi connectivity index (χ2n) is 18.1. The average molecular weight is 927 g/mol. The fraction of sp³-hybridized carbons (Fsp3) is 0.0645. The molecule has 0 unspecified atom stereocenters. The van der Waals surface area contributed by atoms with E-state index in [4.69, 9.17) is 15.0 Å². The third-order valence-electron chi connectivity index (χ3n) is 13.4. The number of benzene rings is 9. The Bertz CT molecular complexity index is 4030. The fourth-order valence-corrected chi connectivity index (χ4v) is 10.1. The summed E-state index contributed by atoms with van der Waals surface area (Å²) in [6.45, 7) is 6.14. The van der Waals surface area contributed by atoms with Crippen LogP contribution in [0.3, 0.4) is 0 Å². The Morgan fingerprint density at radius 2 is 0.859 bits per heavy atom. The third kappa shape index (κ3) is 7.49. The Labute approximate surface area is 407 Å². The Hall–Kier alpha value is -9.13. The molecule has 340 valence electrons. The molecule has 0 aliphatic carbocycles. The van der Waals surface area contributed by atoms with Gasteiger partial charge in [-0.05, 0) is 117 Å². The smallest absolute Gasteiger partial charge is 0.309 e. The minimum Gasteiger partial charge on any atom is -0.309 e. The van der Waals surface area contributed by atoms with Crippen molar-refractivity contribution < 1.29 is 13.2 Å². The summed E-state index contributed by atoms with van der Waals surface area (Å²) in [7, 11) is 0. The topological polar surface area (TPSA) is 72.3 Å². The number of nitrogens with zero attached hydrogens (tertiary/aromatic N) is 6. The summed E-state index contributed by atoms with van der Waals surface area (Å²) < 4.78 is 47.8. The van der Waals surface area contributed by atoms with E-state index in [0.29, 0.717) is 44.9 Å². The lowest BCUT2D eigenvalue weighted by Crippen LogP contribution is -2.05. The van der Waals surface area contributed by atoms with Gasteiger partial charge in [-0.3, -0.25) is 0 Å². The molecule has 3 aromatic heterocycles. The van der Waals surface area contributed by atoms with Crippen molar-refractivity contribution in [1.29, 1.82) is 5.26 Å². The second-order valence-corrected chi connectivity index (χ2v) is 18.1. The molecule has 71 heavy (non-hydrogen) atoms. The van der Waals surface area contributed by atoms with Gasteiger partial charge < -0.3 is 9.13 Å². The van der Waals surface area contributed by atoms with Crippen LogP contribution in [0.5, 0.6) is 0 Å². The van der Waals surface area contributed by atoms with Gasteiger partial charge in [0.15, 0.2) is 17.5 Å². The minimum atomic E-state index is -4.54. The zero-order valence-electron chi connectivity index (χ0n) is 38.8. The molecule has 12 rings (SSSR count). The number of alkyl halides is 3. The molecule has 0 aliphatic rings. The summed E-state index contributed by atoms with van der Waals surface area (Å²) in [6.07, 6.45) is -4.54. The molecule has 0 radical (unpaired) electrons. The molecule has 6 nitrogen and oxygen atoms in total. The van der Waals surface area contributed by atoms with Gasteiger partial charge in [-0.1, -0.05) is 126 Å². The maximum Gasteiger partial charge on any atom is 0.416 e. The summed E-state index contributed by atoms with van der Waals surface area (Å²) in [6, 6.07) is 65.0. The number of aryl methyl sites for hydroxylation is 3. The van der Waals surface area contributed by atoms with Crippen molar-refractivity contribution in [3.8, 4) is 73.9 Å². The Morgan fingerprint density at radius 1 is 0.394 bits per heavy atom. The van der Waals surface area contributed by atoms with Gasteiger partial charge in [-0.25, -0.2) is 15.0 Å². The number of halogens is 3. The van der Waals surface area contributed by atoms with Gasteiger partial charge in [0.25, 0.3) is 0 Å². The van der Waals surface area contributed by atoms with Crippen LogP contribution >= 0.6 is 0 Å². The van der Waals surface area contributed by atoms with E-state index in [1.807, 2.05) is 128 Å². The highest BCUT2D eigenvalue weighted by atomic mass is 19.4. The maximum absolute atomic E-state index is 14.5. The van der Waals surface area contributed by atoms with Gasteiger partial charge in [-0.15, -0.1) is 0 Å². The Balaban J connectivity index is 1.22. The van der Waals surface area contributed by atoms with Crippen LogP contribution in [-0.2, 0) is 6.18 Å². The molecule has 0 amide bonds. The number of rotatable bonds is 7. The maximum atomic E-state index is 14.5. The second kappa shape index (κ2) is 16.8. The lowest BCUT2D eigenvalue weighted by Gasteiger charge is -2.21. The zero-order chi connectivity index (χ0) is 48.5. The summed E-state index contributed by atoms with van der Waals surface area (Å²) in [5.41, 5.74) is 13.5. The lowest BCUT2D eigenvalue weighted by molar-refractivity contribution is -0.137. The van der Waals surface area contributed by atoms with Crippen LogP contribution in [0.4, 0.5) is 13.2 Å². The number of nitriles is 1. The first kappa shape index (κ1) is 43.2. The Morgan fingerprint density at radius 3 is 1.39 bits per heavy atom. The number of hydrogen-bond donors (Lipinski definition) is 0. The van der Waals surface area contributed by atoms with Gasteiger partial charge in [0.05, 0.1) is 50.6 Å². The normalized spacial score (nSPS) is 11.8. The van der Waals surface area contributed by atoms with Crippen molar-refractivity contribution >= 4 is 43.6 Å². The number of hydrogen-bond acceptors (Lipinski definition) is 4. The first-order valence-electron chi connectivity index (χ1n) is 23.3. The highest BCUT2D eigenvalue weighted by Crippen LogP contribution is 2.45. The monoisotopic (exact) mass is 926 g/mol. The average Bonchev–Trinajstić information content (AvgIpc) is 3.89. The molecule has 0 spiro atoms. The Kier molecular flexibility index (Phi) is 10.2. The highest BCUT2D eigenvalue weighted by molar-refractivity contribution is 6.12. The number of fused-ring (bicyclic) bond motifs is 6. The number of aromatic nitrogens is 5. The fourth-order valence-electron chi connectivity index (χ4n) is 10.1. The molecule has 0 bridgehead atoms. The van der Waals surface area contributed by atoms with Crippen LogP contribution in [0.2, 0.25) is 0 Å². The van der Waals surface area contributed by atoms with Crippen molar-refractivity contribution in [3.05, 3.63) is 222 Å². The summed E-state index contributed by atoms with van der Waals surface area (Å²) in [5, 5.41) is 13.8. The summed E-state index contributed by atoms with van der Waals surface area (Å²) >= 11 is 0. The van der Waals surface area contributed by atoms with E-state index in [-0.39, 0.29) is 0 Å². The molecule has 0 saturated heterocycles. The molecule has 0 saturated carbocycles. The highest BCUT2D eigenvalue weighted by Gasteiger charge is 2.32. The standard InChI is InChI=1S/C62H41F3N6/c1-37-19-26-54-48(30-37)49-31-38(2)20-27-55(49)71(54)58-34-42(46-17-11-10-16-44(46)36-66)21-24-47(58)51-33-43(61-68-59(40-12-6-4-7-13-40)67-60(69-61)41-14-8-5-9-15-41)22-28-56(51)70-53-25-18-39(3)32-50(53)52-35-45(62(63,64)65)23-29-57(52)70/h4-35H,1-3H3. The third-order valence-corrected chi connectivity index (χ3v) is 13.4. The van der Waals surface area contributed by atoms with E-state index >= 15 is 0 Å². The van der Waals surface area contributed by atoms with E-state index in [1.54, 1.807) is 6.07 Å². The van der Waals surface area contributed by atoms with E-state index in [2.05, 4.69) is 83.6 Å². The SMILES string of the molecule is Cc1ccc2c(c1)c1cc(C)ccc1n2-c1cc(-c2ccccc2C#N)ccc1-c1cc(-c2nc(-c3ccccc3)nc(-c3ccccc3)n2)ccc1-n1c2ccc(C)cc2c2cc(C(F)(F)F)ccc21. The molecule has 0 N–H and O–H groups in total. The molecular formula is C62H41F3N6. The van der Waals surface area contributed by atoms with Gasteiger partial charge in [-0.2, -0.15) is 18.4 Å². The van der Waals surface area contributed by atoms with Gasteiger partial charge in [0.1, 0.15) is 0 Å². The molecule has 9 aromatic carbocycles. The molecular weight excluding hydrogens is 886 g/mol. The molecule has 0 atom stereocenters. The van der Waals surface area contributed by atoms with Crippen LogP contribution in [0.15, 0.2) is 194 Å². The predicted molar refractivity (Wildman–Crippen MR) is 280 cm³/mol. The first-order valence-corrected chi connectivity index (χ1v) is 23.3. The van der Waals surface area contributed by atoms with E-state index in [0.717, 1.165) is 94.8 Å². The molecule has 0 fully saturated rings. The lowest BCUT2D eigenvalue weighted by atomic mass is 9.93. The van der Waals surface area contributed by atoms with Crippen molar-refractivity contribution in [1.82, 2.24) is 24.1 Å². The van der Waals surface area contributed by atoms with Crippen LogP contribution in [-0.4, -0.2) is 24.1 Å². The van der Waals surface area contributed by atoms with Gasteiger partial charge in [0, 0.05) is 49.4 Å². The summed E-state index contributed by atoms with van der Waals surface area (Å²) in [4.78, 5) is 15.3. The van der Waals surface area contributed by atoms with Crippen LogP contribution in [0, 0.1) is 32.1 Å². The quantitative estimate of drug-likeness (QED) is 0.160. The van der Waals surface area contributed by atoms with Gasteiger partial charge in [0.2, 0.25) is 0 Å². The minimum absolute atomic E-state index is 0.446. The first-order chi connectivity index (χ1) is 34.5. The van der Waals surface area contributed by atoms with E-state index in [9.17, 15) is 18.4 Å². The zero-order valence-corrected chi connectivity index (χ0v) is 38.8. The van der Waals surface area contributed by atoms with Crippen LogP contribution < -0.4 is 0 Å². The van der Waals surface area contributed by atoms with Crippen LogP contribution in [0.25, 0.3) is 111 Å². The van der Waals surface area contributed by atoms with E-state index in [1.165, 1.54) is 6.07 Å². The molecule has 3 heterocycles. The van der Waals surface area contributed by atoms with Gasteiger partial charge >= 0.3 is 6.18 Å². The largest absolute Gasteiger partial charge is 0.416 e. The molecule has 9 heteroatoms. The van der Waals surface area contributed by atoms with Crippen molar-refractivity contribution in [2.24, 2.45) is 0 Å². The van der Waals surface area contributed by atoms with Crippen molar-refractivity contribution in [3.63, 3.8) is 0 Å².